The van der Waals surface area contributed by atoms with Crippen molar-refractivity contribution in [1.82, 2.24) is 5.32 Å². The Labute approximate surface area is 163 Å². The standard InChI is InChI=1S/C22H22N2O4/c1-17(25)24(14-13-23-22(26)21-8-5-15-27-21)19-9-11-20(12-10-19)28-16-18-6-3-2-4-7-18/h2-12,15H,13-14,16H2,1H3,(H,23,26). The topological polar surface area (TPSA) is 71.8 Å². The van der Waals surface area contributed by atoms with E-state index in [0.717, 1.165) is 17.0 Å². The average molecular weight is 378 g/mol. The molecule has 144 valence electrons. The third kappa shape index (κ3) is 5.23. The number of anilines is 1. The molecule has 1 heterocycles. The van der Waals surface area contributed by atoms with E-state index in [-0.39, 0.29) is 17.6 Å². The SMILES string of the molecule is CC(=O)N(CCNC(=O)c1ccco1)c1ccc(OCc2ccccc2)cc1. The highest BCUT2D eigenvalue weighted by atomic mass is 16.5. The molecule has 0 unspecified atom stereocenters. The number of amides is 2. The molecule has 2 amide bonds. The fourth-order valence-corrected chi connectivity index (χ4v) is 2.71. The smallest absolute Gasteiger partial charge is 0.287 e. The van der Waals surface area contributed by atoms with E-state index >= 15 is 0 Å². The summed E-state index contributed by atoms with van der Waals surface area (Å²) in [4.78, 5) is 25.5. The number of furan rings is 1. The van der Waals surface area contributed by atoms with E-state index < -0.39 is 0 Å². The van der Waals surface area contributed by atoms with Crippen molar-refractivity contribution in [3.8, 4) is 5.75 Å². The van der Waals surface area contributed by atoms with Crippen LogP contribution in [0.1, 0.15) is 23.0 Å². The van der Waals surface area contributed by atoms with Gasteiger partial charge in [-0.3, -0.25) is 9.59 Å². The van der Waals surface area contributed by atoms with Crippen LogP contribution in [-0.2, 0) is 11.4 Å². The Balaban J connectivity index is 1.54. The number of benzene rings is 2. The molecule has 0 aliphatic rings. The van der Waals surface area contributed by atoms with Crippen molar-refractivity contribution < 1.29 is 18.7 Å². The molecule has 0 radical (unpaired) electrons. The summed E-state index contributed by atoms with van der Waals surface area (Å²) in [5.74, 6) is 0.555. The van der Waals surface area contributed by atoms with Gasteiger partial charge in [-0.15, -0.1) is 0 Å². The van der Waals surface area contributed by atoms with Crippen LogP contribution in [0.2, 0.25) is 0 Å². The molecule has 1 aromatic heterocycles. The Morgan fingerprint density at radius 3 is 2.39 bits per heavy atom. The van der Waals surface area contributed by atoms with Crippen molar-refractivity contribution in [2.24, 2.45) is 0 Å². The maximum absolute atomic E-state index is 12.0. The first-order valence-electron chi connectivity index (χ1n) is 9.00. The highest BCUT2D eigenvalue weighted by molar-refractivity contribution is 5.92. The Morgan fingerprint density at radius 2 is 1.75 bits per heavy atom. The molecule has 1 N–H and O–H groups in total. The molecule has 6 nitrogen and oxygen atoms in total. The van der Waals surface area contributed by atoms with Crippen LogP contribution in [0.25, 0.3) is 0 Å². The fraction of sp³-hybridized carbons (Fsp3) is 0.182. The number of hydrogen-bond donors (Lipinski definition) is 1. The summed E-state index contributed by atoms with van der Waals surface area (Å²) in [7, 11) is 0. The lowest BCUT2D eigenvalue weighted by molar-refractivity contribution is -0.116. The lowest BCUT2D eigenvalue weighted by atomic mass is 10.2. The van der Waals surface area contributed by atoms with Gasteiger partial charge in [-0.25, -0.2) is 0 Å². The quantitative estimate of drug-likeness (QED) is 0.650. The summed E-state index contributed by atoms with van der Waals surface area (Å²) in [6.07, 6.45) is 1.44. The van der Waals surface area contributed by atoms with Gasteiger partial charge >= 0.3 is 0 Å². The van der Waals surface area contributed by atoms with Crippen molar-refractivity contribution in [3.05, 3.63) is 84.3 Å². The van der Waals surface area contributed by atoms with Crippen molar-refractivity contribution in [3.63, 3.8) is 0 Å². The van der Waals surface area contributed by atoms with Crippen LogP contribution in [0.4, 0.5) is 5.69 Å². The molecule has 0 aliphatic carbocycles. The summed E-state index contributed by atoms with van der Waals surface area (Å²) >= 11 is 0. The molecule has 0 spiro atoms. The molecule has 6 heteroatoms. The predicted molar refractivity (Wildman–Crippen MR) is 106 cm³/mol. The van der Waals surface area contributed by atoms with Gasteiger partial charge < -0.3 is 19.4 Å². The highest BCUT2D eigenvalue weighted by Crippen LogP contribution is 2.20. The first-order valence-corrected chi connectivity index (χ1v) is 9.00. The number of ether oxygens (including phenoxy) is 1. The van der Waals surface area contributed by atoms with Crippen molar-refractivity contribution in [2.75, 3.05) is 18.0 Å². The third-order valence-electron chi connectivity index (χ3n) is 4.14. The highest BCUT2D eigenvalue weighted by Gasteiger charge is 2.13. The zero-order chi connectivity index (χ0) is 19.8. The van der Waals surface area contributed by atoms with E-state index in [9.17, 15) is 9.59 Å². The number of hydrogen-bond acceptors (Lipinski definition) is 4. The van der Waals surface area contributed by atoms with Gasteiger partial charge in [0, 0.05) is 25.7 Å². The monoisotopic (exact) mass is 378 g/mol. The average Bonchev–Trinajstić information content (AvgIpc) is 3.26. The Hall–Kier alpha value is -3.54. The van der Waals surface area contributed by atoms with Gasteiger partial charge in [-0.1, -0.05) is 30.3 Å². The summed E-state index contributed by atoms with van der Waals surface area (Å²) in [6.45, 7) is 2.64. The molecule has 2 aromatic carbocycles. The van der Waals surface area contributed by atoms with Gasteiger partial charge in [-0.05, 0) is 42.0 Å². The molecule has 0 saturated heterocycles. The number of rotatable bonds is 8. The van der Waals surface area contributed by atoms with E-state index in [1.807, 2.05) is 54.6 Å². The maximum Gasteiger partial charge on any atom is 0.287 e. The molecule has 0 saturated carbocycles. The second kappa shape index (κ2) is 9.41. The number of nitrogens with one attached hydrogen (secondary N) is 1. The van der Waals surface area contributed by atoms with Gasteiger partial charge in [0.1, 0.15) is 12.4 Å². The lowest BCUT2D eigenvalue weighted by Gasteiger charge is -2.21. The van der Waals surface area contributed by atoms with E-state index in [1.54, 1.807) is 17.0 Å². The molecule has 0 atom stereocenters. The van der Waals surface area contributed by atoms with Gasteiger partial charge in [0.15, 0.2) is 5.76 Å². The summed E-state index contributed by atoms with van der Waals surface area (Å²) in [6, 6.07) is 20.5. The third-order valence-corrected chi connectivity index (χ3v) is 4.14. The Kier molecular flexibility index (Phi) is 6.46. The largest absolute Gasteiger partial charge is 0.489 e. The van der Waals surface area contributed by atoms with Crippen molar-refractivity contribution in [1.29, 1.82) is 0 Å². The fourth-order valence-electron chi connectivity index (χ4n) is 2.71. The minimum absolute atomic E-state index is 0.106. The van der Waals surface area contributed by atoms with Crippen molar-refractivity contribution in [2.45, 2.75) is 13.5 Å². The van der Waals surface area contributed by atoms with Gasteiger partial charge in [0.25, 0.3) is 5.91 Å². The normalized spacial score (nSPS) is 10.3. The first kappa shape index (κ1) is 19.2. The number of nitrogens with zero attached hydrogens (tertiary/aromatic N) is 1. The van der Waals surface area contributed by atoms with E-state index in [2.05, 4.69) is 5.32 Å². The molecule has 0 fully saturated rings. The number of carbonyl (C=O) groups is 2. The summed E-state index contributed by atoms with van der Waals surface area (Å²) in [5, 5.41) is 2.74. The van der Waals surface area contributed by atoms with Crippen LogP contribution in [-0.4, -0.2) is 24.9 Å². The minimum Gasteiger partial charge on any atom is -0.489 e. The van der Waals surface area contributed by atoms with Crippen LogP contribution in [0.3, 0.4) is 0 Å². The Bertz CT molecular complexity index is 890. The molecular formula is C22H22N2O4. The zero-order valence-electron chi connectivity index (χ0n) is 15.6. The van der Waals surface area contributed by atoms with Crippen LogP contribution in [0.15, 0.2) is 77.4 Å². The second-order valence-corrected chi connectivity index (χ2v) is 6.17. The van der Waals surface area contributed by atoms with Gasteiger partial charge in [0.2, 0.25) is 5.91 Å². The molecule has 28 heavy (non-hydrogen) atoms. The van der Waals surface area contributed by atoms with Crippen LogP contribution >= 0.6 is 0 Å². The molecule has 0 bridgehead atoms. The minimum atomic E-state index is -0.307. The Morgan fingerprint density at radius 1 is 1.00 bits per heavy atom. The van der Waals surface area contributed by atoms with E-state index in [1.165, 1.54) is 13.2 Å². The second-order valence-electron chi connectivity index (χ2n) is 6.17. The molecular weight excluding hydrogens is 356 g/mol. The summed E-state index contributed by atoms with van der Waals surface area (Å²) < 4.78 is 10.8. The molecule has 3 rings (SSSR count). The first-order chi connectivity index (χ1) is 13.6. The van der Waals surface area contributed by atoms with Gasteiger partial charge in [0.05, 0.1) is 6.26 Å². The van der Waals surface area contributed by atoms with Gasteiger partial charge in [-0.2, -0.15) is 0 Å². The van der Waals surface area contributed by atoms with Crippen molar-refractivity contribution >= 4 is 17.5 Å². The molecule has 0 aliphatic heterocycles. The van der Waals surface area contributed by atoms with E-state index in [0.29, 0.717) is 19.7 Å². The lowest BCUT2D eigenvalue weighted by Crippen LogP contribution is -2.37. The van der Waals surface area contributed by atoms with Crippen LogP contribution < -0.4 is 15.0 Å². The predicted octanol–water partition coefficient (Wildman–Crippen LogP) is 3.64. The van der Waals surface area contributed by atoms with Crippen LogP contribution in [0, 0.1) is 0 Å². The molecule has 3 aromatic rings. The zero-order valence-corrected chi connectivity index (χ0v) is 15.6. The number of carbonyl (C=O) groups excluding carboxylic acids is 2. The maximum atomic E-state index is 12.0. The van der Waals surface area contributed by atoms with E-state index in [4.69, 9.17) is 9.15 Å². The van der Waals surface area contributed by atoms with Crippen LogP contribution in [0.5, 0.6) is 5.75 Å². The summed E-state index contributed by atoms with van der Waals surface area (Å²) in [5.41, 5.74) is 1.83.